The van der Waals surface area contributed by atoms with Gasteiger partial charge in [-0.15, -0.1) is 0 Å². The van der Waals surface area contributed by atoms with Crippen molar-refractivity contribution in [3.8, 4) is 33.9 Å². The number of alkyl halides is 2. The van der Waals surface area contributed by atoms with Gasteiger partial charge in [0.2, 0.25) is 0 Å². The fraction of sp³-hybridized carbons (Fsp3) is 0.179. The van der Waals surface area contributed by atoms with Crippen LogP contribution < -0.4 is 0 Å². The SMILES string of the molecule is Fc1ccccc1-c1ccnc2nc(-c3n[nH]c4cnc(-c5cncc(CN6CCC(F)(F)C6)c5)c(F)c34)[nH]c12. The van der Waals surface area contributed by atoms with E-state index in [0.717, 1.165) is 0 Å². The summed E-state index contributed by atoms with van der Waals surface area (Å²) in [7, 11) is 0. The van der Waals surface area contributed by atoms with Crippen LogP contribution in [0.3, 0.4) is 0 Å². The summed E-state index contributed by atoms with van der Waals surface area (Å²) in [6, 6.07) is 9.74. The first kappa shape index (κ1) is 24.3. The molecule has 1 aromatic carbocycles. The van der Waals surface area contributed by atoms with Crippen LogP contribution in [0.15, 0.2) is 61.2 Å². The highest BCUT2D eigenvalue weighted by atomic mass is 19.3. The van der Waals surface area contributed by atoms with Crippen molar-refractivity contribution in [1.82, 2.24) is 40.0 Å². The molecule has 2 N–H and O–H groups in total. The number of aromatic nitrogens is 7. The van der Waals surface area contributed by atoms with E-state index in [0.29, 0.717) is 38.9 Å². The molecule has 6 aromatic rings. The number of imidazole rings is 1. The maximum absolute atomic E-state index is 16.1. The molecule has 0 saturated carbocycles. The summed E-state index contributed by atoms with van der Waals surface area (Å²) >= 11 is 0. The zero-order chi connectivity index (χ0) is 27.4. The lowest BCUT2D eigenvalue weighted by Crippen LogP contribution is -2.24. The lowest BCUT2D eigenvalue weighted by atomic mass is 10.1. The number of hydrogen-bond acceptors (Lipinski definition) is 6. The van der Waals surface area contributed by atoms with Gasteiger partial charge in [-0.2, -0.15) is 5.10 Å². The van der Waals surface area contributed by atoms with E-state index in [9.17, 15) is 13.2 Å². The van der Waals surface area contributed by atoms with E-state index in [1.807, 2.05) is 0 Å². The van der Waals surface area contributed by atoms with Gasteiger partial charge >= 0.3 is 0 Å². The molecule has 1 saturated heterocycles. The maximum Gasteiger partial charge on any atom is 0.261 e. The number of nitrogens with zero attached hydrogens (tertiary/aromatic N) is 6. The Balaban J connectivity index is 1.29. The van der Waals surface area contributed by atoms with Gasteiger partial charge in [0.15, 0.2) is 17.3 Å². The third kappa shape index (κ3) is 4.16. The summed E-state index contributed by atoms with van der Waals surface area (Å²) in [5.41, 5.74) is 3.42. The number of halogens is 4. The number of nitrogens with one attached hydrogen (secondary N) is 2. The number of fused-ring (bicyclic) bond motifs is 2. The topological polar surface area (TPSA) is 99.3 Å². The number of aromatic amines is 2. The van der Waals surface area contributed by atoms with Gasteiger partial charge in [-0.05, 0) is 23.8 Å². The van der Waals surface area contributed by atoms with E-state index in [4.69, 9.17) is 0 Å². The van der Waals surface area contributed by atoms with Gasteiger partial charge in [0.05, 0.1) is 29.2 Å². The fourth-order valence-corrected chi connectivity index (χ4v) is 5.18. The summed E-state index contributed by atoms with van der Waals surface area (Å²) in [4.78, 5) is 22.1. The van der Waals surface area contributed by atoms with Crippen LogP contribution in [0.1, 0.15) is 12.0 Å². The Hall–Kier alpha value is -4.71. The largest absolute Gasteiger partial charge is 0.335 e. The minimum atomic E-state index is -2.70. The van der Waals surface area contributed by atoms with Crippen LogP contribution in [-0.2, 0) is 6.54 Å². The molecule has 200 valence electrons. The van der Waals surface area contributed by atoms with Crippen molar-refractivity contribution in [2.45, 2.75) is 18.9 Å². The summed E-state index contributed by atoms with van der Waals surface area (Å²) < 4.78 is 57.9. The zero-order valence-corrected chi connectivity index (χ0v) is 20.8. The summed E-state index contributed by atoms with van der Waals surface area (Å²) in [6.45, 7) is 0.228. The second-order valence-electron chi connectivity index (χ2n) is 9.80. The number of hydrogen-bond donors (Lipinski definition) is 2. The van der Waals surface area contributed by atoms with Crippen LogP contribution in [0, 0.1) is 11.6 Å². The second kappa shape index (κ2) is 9.19. The van der Waals surface area contributed by atoms with E-state index < -0.39 is 17.6 Å². The first-order chi connectivity index (χ1) is 19.4. The number of pyridine rings is 3. The lowest BCUT2D eigenvalue weighted by Gasteiger charge is -2.15. The zero-order valence-electron chi connectivity index (χ0n) is 20.8. The smallest absolute Gasteiger partial charge is 0.261 e. The Labute approximate surface area is 224 Å². The average Bonchev–Trinajstić information content (AvgIpc) is 3.65. The van der Waals surface area contributed by atoms with Crippen molar-refractivity contribution in [1.29, 1.82) is 0 Å². The molecule has 8 nitrogen and oxygen atoms in total. The van der Waals surface area contributed by atoms with Gasteiger partial charge < -0.3 is 4.98 Å². The van der Waals surface area contributed by atoms with E-state index >= 15 is 4.39 Å². The van der Waals surface area contributed by atoms with Crippen molar-refractivity contribution in [3.05, 3.63) is 78.4 Å². The standard InChI is InChI=1S/C28H20F4N8/c29-19-4-2-1-3-17(19)18-5-7-34-26-24(18)36-27(37-26)25-21-20(38-39-25)12-35-23(22(21)30)16-9-15(10-33-11-16)13-40-8-6-28(31,32)14-40/h1-5,7,9-12H,6,8,13-14H2,(H,38,39)(H,34,36,37). The monoisotopic (exact) mass is 544 g/mol. The molecule has 0 radical (unpaired) electrons. The molecule has 6 heterocycles. The molecule has 12 heteroatoms. The minimum absolute atomic E-state index is 0.0394. The van der Waals surface area contributed by atoms with Crippen LogP contribution in [0.25, 0.3) is 56.0 Å². The number of likely N-dealkylation sites (tertiary alicyclic amines) is 1. The third-order valence-electron chi connectivity index (χ3n) is 7.05. The molecule has 0 bridgehead atoms. The van der Waals surface area contributed by atoms with E-state index in [-0.39, 0.29) is 48.7 Å². The van der Waals surface area contributed by atoms with Gasteiger partial charge in [-0.3, -0.25) is 20.0 Å². The number of benzene rings is 1. The maximum atomic E-state index is 16.1. The number of rotatable bonds is 5. The van der Waals surface area contributed by atoms with Crippen molar-refractivity contribution in [2.75, 3.05) is 13.1 Å². The lowest BCUT2D eigenvalue weighted by molar-refractivity contribution is 0.0115. The summed E-state index contributed by atoms with van der Waals surface area (Å²) in [5, 5.41) is 7.22. The Bertz CT molecular complexity index is 1900. The van der Waals surface area contributed by atoms with Gasteiger partial charge in [0.1, 0.15) is 17.2 Å². The molecular weight excluding hydrogens is 524 g/mol. The molecule has 1 aliphatic rings. The van der Waals surface area contributed by atoms with Crippen LogP contribution in [0.5, 0.6) is 0 Å². The molecule has 1 fully saturated rings. The van der Waals surface area contributed by atoms with E-state index in [2.05, 4.69) is 35.1 Å². The van der Waals surface area contributed by atoms with Gasteiger partial charge in [0, 0.05) is 54.8 Å². The molecule has 40 heavy (non-hydrogen) atoms. The van der Waals surface area contributed by atoms with Crippen molar-refractivity contribution in [2.24, 2.45) is 0 Å². The van der Waals surface area contributed by atoms with E-state index in [1.165, 1.54) is 24.7 Å². The third-order valence-corrected chi connectivity index (χ3v) is 7.05. The highest BCUT2D eigenvalue weighted by molar-refractivity contribution is 5.97. The molecule has 0 unspecified atom stereocenters. The van der Waals surface area contributed by atoms with Crippen molar-refractivity contribution in [3.63, 3.8) is 0 Å². The Morgan fingerprint density at radius 1 is 0.975 bits per heavy atom. The molecule has 0 aliphatic carbocycles. The van der Waals surface area contributed by atoms with Crippen LogP contribution in [0.4, 0.5) is 17.6 Å². The van der Waals surface area contributed by atoms with Crippen molar-refractivity contribution >= 4 is 22.1 Å². The van der Waals surface area contributed by atoms with Crippen LogP contribution >= 0.6 is 0 Å². The average molecular weight is 545 g/mol. The molecule has 0 spiro atoms. The highest BCUT2D eigenvalue weighted by Gasteiger charge is 2.38. The molecule has 0 amide bonds. The molecule has 1 aliphatic heterocycles. The summed E-state index contributed by atoms with van der Waals surface area (Å²) in [6.07, 6.45) is 5.86. The number of H-pyrrole nitrogens is 2. The van der Waals surface area contributed by atoms with Crippen LogP contribution in [0.2, 0.25) is 0 Å². The Morgan fingerprint density at radius 2 is 1.85 bits per heavy atom. The van der Waals surface area contributed by atoms with Crippen LogP contribution in [-0.4, -0.2) is 59.0 Å². The van der Waals surface area contributed by atoms with Crippen molar-refractivity contribution < 1.29 is 17.6 Å². The Morgan fingerprint density at radius 3 is 2.67 bits per heavy atom. The highest BCUT2D eigenvalue weighted by Crippen LogP contribution is 2.35. The first-order valence-corrected chi connectivity index (χ1v) is 12.5. The normalized spacial score (nSPS) is 15.4. The predicted octanol–water partition coefficient (Wildman–Crippen LogP) is 5.74. The van der Waals surface area contributed by atoms with Gasteiger partial charge in [-0.25, -0.2) is 27.5 Å². The Kier molecular flexibility index (Phi) is 5.59. The minimum Gasteiger partial charge on any atom is -0.335 e. The predicted molar refractivity (Wildman–Crippen MR) is 140 cm³/mol. The van der Waals surface area contributed by atoms with E-state index in [1.54, 1.807) is 41.4 Å². The second-order valence-corrected chi connectivity index (χ2v) is 9.80. The van der Waals surface area contributed by atoms with Gasteiger partial charge in [0.25, 0.3) is 5.92 Å². The molecule has 7 rings (SSSR count). The first-order valence-electron chi connectivity index (χ1n) is 12.5. The fourth-order valence-electron chi connectivity index (χ4n) is 5.18. The van der Waals surface area contributed by atoms with Gasteiger partial charge in [-0.1, -0.05) is 18.2 Å². The molecule has 0 atom stereocenters. The molecular formula is C28H20F4N8. The summed E-state index contributed by atoms with van der Waals surface area (Å²) in [5.74, 6) is -3.50. The molecule has 5 aromatic heterocycles. The quantitative estimate of drug-likeness (QED) is 0.269.